The highest BCUT2D eigenvalue weighted by Gasteiger charge is 2.14. The van der Waals surface area contributed by atoms with E-state index in [4.69, 9.17) is 9.47 Å². The number of amides is 1. The number of ether oxygens (including phenoxy) is 2. The number of halogens is 1. The number of aryl methyl sites for hydroxylation is 2. The zero-order valence-electron chi connectivity index (χ0n) is 15.0. The van der Waals surface area contributed by atoms with Crippen LogP contribution in [0.15, 0.2) is 39.9 Å². The molecule has 1 amide bonds. The molecule has 8 nitrogen and oxygen atoms in total. The number of benzene rings is 2. The van der Waals surface area contributed by atoms with Crippen molar-refractivity contribution in [2.45, 2.75) is 13.8 Å². The third-order valence-corrected chi connectivity index (χ3v) is 4.11. The van der Waals surface area contributed by atoms with Crippen molar-refractivity contribution >= 4 is 33.7 Å². The molecule has 0 aliphatic carbocycles. The van der Waals surface area contributed by atoms with E-state index in [2.05, 4.69) is 26.5 Å². The summed E-state index contributed by atoms with van der Waals surface area (Å²) in [5.41, 5.74) is 4.56. The molecule has 0 unspecified atom stereocenters. The molecular weight excluding hydrogens is 418 g/mol. The Bertz CT molecular complexity index is 876. The first-order chi connectivity index (χ1) is 12.8. The fraction of sp³-hybridized carbons (Fsp3) is 0.222. The van der Waals surface area contributed by atoms with Gasteiger partial charge in [-0.2, -0.15) is 5.10 Å². The number of hydrogen-bond acceptors (Lipinski definition) is 6. The number of hydrazone groups is 1. The van der Waals surface area contributed by atoms with Crippen LogP contribution in [0.5, 0.6) is 11.5 Å². The monoisotopic (exact) mass is 435 g/mol. The lowest BCUT2D eigenvalue weighted by Gasteiger charge is -2.11. The molecule has 142 valence electrons. The maximum absolute atomic E-state index is 11.9. The number of nitro benzene ring substituents is 1. The number of nitrogens with zero attached hydrogens (tertiary/aromatic N) is 2. The molecule has 0 spiro atoms. The highest BCUT2D eigenvalue weighted by Crippen LogP contribution is 2.30. The zero-order valence-corrected chi connectivity index (χ0v) is 16.6. The van der Waals surface area contributed by atoms with Gasteiger partial charge in [0.25, 0.3) is 5.91 Å². The second kappa shape index (κ2) is 9.13. The van der Waals surface area contributed by atoms with Gasteiger partial charge in [-0.05, 0) is 59.1 Å². The van der Waals surface area contributed by atoms with E-state index in [1.807, 2.05) is 26.0 Å². The van der Waals surface area contributed by atoms with Crippen molar-refractivity contribution < 1.29 is 19.2 Å². The van der Waals surface area contributed by atoms with Crippen molar-refractivity contribution in [3.8, 4) is 11.5 Å². The second-order valence-electron chi connectivity index (χ2n) is 5.66. The van der Waals surface area contributed by atoms with Gasteiger partial charge in [0, 0.05) is 11.6 Å². The van der Waals surface area contributed by atoms with Crippen molar-refractivity contribution in [2.24, 2.45) is 5.10 Å². The van der Waals surface area contributed by atoms with E-state index in [0.29, 0.717) is 11.3 Å². The molecule has 0 fully saturated rings. The number of nitrogens with one attached hydrogen (secondary N) is 1. The fourth-order valence-corrected chi connectivity index (χ4v) is 3.15. The summed E-state index contributed by atoms with van der Waals surface area (Å²) in [6.45, 7) is 3.63. The first kappa shape index (κ1) is 20.4. The van der Waals surface area contributed by atoms with Gasteiger partial charge in [-0.25, -0.2) is 5.43 Å². The van der Waals surface area contributed by atoms with Gasteiger partial charge in [-0.15, -0.1) is 0 Å². The summed E-state index contributed by atoms with van der Waals surface area (Å²) < 4.78 is 11.2. The molecule has 0 aromatic heterocycles. The predicted octanol–water partition coefficient (Wildman–Crippen LogP) is 3.51. The molecule has 0 heterocycles. The SMILES string of the molecule is COc1ccc(/C=N/NC(=O)COc2c(C)cc(C)cc2Br)cc1[N+](=O)[O-]. The van der Waals surface area contributed by atoms with Crippen LogP contribution in [0.2, 0.25) is 0 Å². The average molecular weight is 436 g/mol. The van der Waals surface area contributed by atoms with E-state index in [1.54, 1.807) is 6.07 Å². The summed E-state index contributed by atoms with van der Waals surface area (Å²) in [7, 11) is 1.35. The topological polar surface area (TPSA) is 103 Å². The number of rotatable bonds is 7. The molecule has 0 bridgehead atoms. The van der Waals surface area contributed by atoms with Crippen LogP contribution in [0.4, 0.5) is 5.69 Å². The molecule has 0 aliphatic rings. The standard InChI is InChI=1S/C18H18BrN3O5/c1-11-6-12(2)18(14(19)7-11)27-10-17(23)21-20-9-13-4-5-16(26-3)15(8-13)22(24)25/h4-9H,10H2,1-3H3,(H,21,23)/b20-9+. The summed E-state index contributed by atoms with van der Waals surface area (Å²) in [4.78, 5) is 22.3. The van der Waals surface area contributed by atoms with E-state index in [9.17, 15) is 14.9 Å². The van der Waals surface area contributed by atoms with Crippen LogP contribution < -0.4 is 14.9 Å². The van der Waals surface area contributed by atoms with E-state index >= 15 is 0 Å². The van der Waals surface area contributed by atoms with Gasteiger partial charge in [-0.3, -0.25) is 14.9 Å². The van der Waals surface area contributed by atoms with E-state index in [0.717, 1.165) is 15.6 Å². The van der Waals surface area contributed by atoms with Crippen LogP contribution in [0, 0.1) is 24.0 Å². The van der Waals surface area contributed by atoms with E-state index in [1.165, 1.54) is 25.5 Å². The summed E-state index contributed by atoms with van der Waals surface area (Å²) in [6, 6.07) is 8.20. The molecule has 2 aromatic carbocycles. The van der Waals surface area contributed by atoms with Crippen LogP contribution in [0.25, 0.3) is 0 Å². The van der Waals surface area contributed by atoms with Crippen LogP contribution in [0.3, 0.4) is 0 Å². The molecule has 2 aromatic rings. The first-order valence-electron chi connectivity index (χ1n) is 7.85. The third kappa shape index (κ3) is 5.52. The Balaban J connectivity index is 1.96. The molecule has 0 aliphatic heterocycles. The Hall–Kier alpha value is -2.94. The van der Waals surface area contributed by atoms with Crippen molar-refractivity contribution in [1.29, 1.82) is 0 Å². The van der Waals surface area contributed by atoms with Gasteiger partial charge in [-0.1, -0.05) is 6.07 Å². The molecule has 1 N–H and O–H groups in total. The Morgan fingerprint density at radius 1 is 1.33 bits per heavy atom. The molecule has 27 heavy (non-hydrogen) atoms. The first-order valence-corrected chi connectivity index (χ1v) is 8.65. The lowest BCUT2D eigenvalue weighted by Crippen LogP contribution is -2.24. The predicted molar refractivity (Wildman–Crippen MR) is 104 cm³/mol. The van der Waals surface area contributed by atoms with E-state index < -0.39 is 10.8 Å². The fourth-order valence-electron chi connectivity index (χ4n) is 2.36. The smallest absolute Gasteiger partial charge is 0.311 e. The average Bonchev–Trinajstić information content (AvgIpc) is 2.60. The largest absolute Gasteiger partial charge is 0.490 e. The molecular formula is C18H18BrN3O5. The third-order valence-electron chi connectivity index (χ3n) is 3.52. The van der Waals surface area contributed by atoms with Gasteiger partial charge < -0.3 is 9.47 Å². The van der Waals surface area contributed by atoms with Gasteiger partial charge >= 0.3 is 5.69 Å². The highest BCUT2D eigenvalue weighted by atomic mass is 79.9. The summed E-state index contributed by atoms with van der Waals surface area (Å²) >= 11 is 3.41. The lowest BCUT2D eigenvalue weighted by atomic mass is 10.1. The Kier molecular flexibility index (Phi) is 6.89. The van der Waals surface area contributed by atoms with Gasteiger partial charge in [0.1, 0.15) is 5.75 Å². The summed E-state index contributed by atoms with van der Waals surface area (Å²) in [5.74, 6) is 0.278. The maximum Gasteiger partial charge on any atom is 0.311 e. The number of hydrogen-bond donors (Lipinski definition) is 1. The van der Waals surface area contributed by atoms with Crippen LogP contribution in [-0.2, 0) is 4.79 Å². The minimum atomic E-state index is -0.551. The minimum Gasteiger partial charge on any atom is -0.490 e. The van der Waals surface area contributed by atoms with Gasteiger partial charge in [0.2, 0.25) is 0 Å². The Morgan fingerprint density at radius 2 is 2.07 bits per heavy atom. The quantitative estimate of drug-likeness (QED) is 0.407. The maximum atomic E-state index is 11.9. The van der Waals surface area contributed by atoms with Crippen LogP contribution in [-0.4, -0.2) is 30.8 Å². The number of carbonyl (C=O) groups is 1. The van der Waals surface area contributed by atoms with Crippen LogP contribution in [0.1, 0.15) is 16.7 Å². The number of methoxy groups -OCH3 is 1. The Morgan fingerprint density at radius 3 is 2.70 bits per heavy atom. The Labute approximate surface area is 164 Å². The van der Waals surface area contributed by atoms with Crippen LogP contribution >= 0.6 is 15.9 Å². The highest BCUT2D eigenvalue weighted by molar-refractivity contribution is 9.10. The summed E-state index contributed by atoms with van der Waals surface area (Å²) in [6.07, 6.45) is 1.30. The summed E-state index contributed by atoms with van der Waals surface area (Å²) in [5, 5.41) is 14.8. The van der Waals surface area contributed by atoms with Gasteiger partial charge in [0.05, 0.1) is 22.7 Å². The lowest BCUT2D eigenvalue weighted by molar-refractivity contribution is -0.385. The minimum absolute atomic E-state index is 0.147. The molecule has 0 radical (unpaired) electrons. The van der Waals surface area contributed by atoms with Gasteiger partial charge in [0.15, 0.2) is 12.4 Å². The number of carbonyl (C=O) groups excluding carboxylic acids is 1. The van der Waals surface area contributed by atoms with E-state index in [-0.39, 0.29) is 18.0 Å². The normalized spacial score (nSPS) is 10.7. The molecule has 0 atom stereocenters. The molecule has 2 rings (SSSR count). The van der Waals surface area contributed by atoms with Crippen molar-refractivity contribution in [1.82, 2.24) is 5.43 Å². The molecule has 0 saturated carbocycles. The molecule has 9 heteroatoms. The van der Waals surface area contributed by atoms with Crippen molar-refractivity contribution in [3.05, 3.63) is 61.6 Å². The van der Waals surface area contributed by atoms with Crippen molar-refractivity contribution in [3.63, 3.8) is 0 Å². The number of nitro groups is 1. The van der Waals surface area contributed by atoms with Crippen molar-refractivity contribution in [2.75, 3.05) is 13.7 Å². The molecule has 0 saturated heterocycles. The second-order valence-corrected chi connectivity index (χ2v) is 6.52. The zero-order chi connectivity index (χ0) is 20.0.